The quantitative estimate of drug-likeness (QED) is 0.287. The fourth-order valence-corrected chi connectivity index (χ4v) is 3.40. The van der Waals surface area contributed by atoms with Gasteiger partial charge < -0.3 is 14.6 Å². The number of rotatable bonds is 9. The van der Waals surface area contributed by atoms with Crippen molar-refractivity contribution in [2.45, 2.75) is 13.1 Å². The van der Waals surface area contributed by atoms with Crippen LogP contribution in [0.4, 0.5) is 5.69 Å². The van der Waals surface area contributed by atoms with Crippen molar-refractivity contribution in [3.05, 3.63) is 101 Å². The number of carbonyl (C=O) groups excluding carboxylic acids is 2. The number of ether oxygens (including phenoxy) is 1. The molecule has 172 valence electrons. The minimum atomic E-state index is -0.216. The molecule has 0 unspecified atom stereocenters. The summed E-state index contributed by atoms with van der Waals surface area (Å²) in [6.07, 6.45) is 6.89. The summed E-state index contributed by atoms with van der Waals surface area (Å²) in [5, 5.41) is 11.6. The molecule has 2 aromatic carbocycles. The first-order valence-electron chi connectivity index (χ1n) is 10.5. The topological polar surface area (TPSA) is 91.0 Å². The highest BCUT2D eigenvalue weighted by Gasteiger charge is 2.09. The number of nitrogens with one attached hydrogen (secondary N) is 1. The number of allylic oxidation sites excluding steroid dienone is 1. The summed E-state index contributed by atoms with van der Waals surface area (Å²) in [4.78, 5) is 24.7. The van der Waals surface area contributed by atoms with E-state index >= 15 is 0 Å². The van der Waals surface area contributed by atoms with E-state index < -0.39 is 0 Å². The number of aromatic nitrogens is 4. The van der Waals surface area contributed by atoms with E-state index in [9.17, 15) is 9.59 Å². The van der Waals surface area contributed by atoms with Crippen LogP contribution >= 0.6 is 11.6 Å². The van der Waals surface area contributed by atoms with Gasteiger partial charge >= 0.3 is 0 Å². The summed E-state index contributed by atoms with van der Waals surface area (Å²) in [5.74, 6) is 0.387. The van der Waals surface area contributed by atoms with E-state index in [0.29, 0.717) is 34.3 Å². The molecule has 2 aromatic heterocycles. The van der Waals surface area contributed by atoms with E-state index in [1.54, 1.807) is 67.9 Å². The van der Waals surface area contributed by atoms with Crippen molar-refractivity contribution in [2.24, 2.45) is 0 Å². The average Bonchev–Trinajstić information content (AvgIpc) is 3.47. The van der Waals surface area contributed by atoms with E-state index in [2.05, 4.69) is 15.6 Å². The van der Waals surface area contributed by atoms with Gasteiger partial charge in [-0.15, -0.1) is 5.10 Å². The van der Waals surface area contributed by atoms with Crippen LogP contribution < -0.4 is 10.1 Å². The van der Waals surface area contributed by atoms with Gasteiger partial charge in [0.05, 0.1) is 19.9 Å². The molecule has 4 rings (SSSR count). The molecule has 0 radical (unpaired) electrons. The maximum absolute atomic E-state index is 12.4. The summed E-state index contributed by atoms with van der Waals surface area (Å²) < 4.78 is 8.54. The Morgan fingerprint density at radius 2 is 1.85 bits per heavy atom. The van der Waals surface area contributed by atoms with Crippen molar-refractivity contribution in [1.82, 2.24) is 19.6 Å². The van der Waals surface area contributed by atoms with Crippen LogP contribution in [0.2, 0.25) is 5.02 Å². The zero-order valence-corrected chi connectivity index (χ0v) is 19.1. The SMILES string of the molecule is COc1ccc(NC(=O)Cn2cc(Cn3cccc3/C=C/C(=O)c3ccc(Cl)cc3)nn2)cc1. The van der Waals surface area contributed by atoms with Crippen molar-refractivity contribution in [3.8, 4) is 5.75 Å². The molecule has 0 aliphatic carbocycles. The number of hydrogen-bond donors (Lipinski definition) is 1. The molecule has 0 aliphatic rings. The Bertz CT molecular complexity index is 1310. The second-order valence-corrected chi connectivity index (χ2v) is 7.89. The molecule has 0 atom stereocenters. The van der Waals surface area contributed by atoms with Gasteiger partial charge in [0.2, 0.25) is 5.91 Å². The number of amides is 1. The molecule has 2 heterocycles. The van der Waals surface area contributed by atoms with Crippen LogP contribution in [0.25, 0.3) is 6.08 Å². The van der Waals surface area contributed by atoms with Gasteiger partial charge in [0.25, 0.3) is 0 Å². The van der Waals surface area contributed by atoms with Gasteiger partial charge in [-0.3, -0.25) is 9.59 Å². The molecule has 1 amide bonds. The third kappa shape index (κ3) is 5.99. The Balaban J connectivity index is 1.35. The summed E-state index contributed by atoms with van der Waals surface area (Å²) >= 11 is 5.88. The van der Waals surface area contributed by atoms with Crippen LogP contribution in [0.15, 0.2) is 79.1 Å². The number of benzene rings is 2. The van der Waals surface area contributed by atoms with E-state index in [-0.39, 0.29) is 18.2 Å². The summed E-state index contributed by atoms with van der Waals surface area (Å²) in [6, 6.07) is 17.6. The van der Waals surface area contributed by atoms with E-state index in [1.807, 2.05) is 22.9 Å². The predicted octanol–water partition coefficient (Wildman–Crippen LogP) is 4.32. The number of ketones is 1. The van der Waals surface area contributed by atoms with E-state index in [4.69, 9.17) is 16.3 Å². The molecule has 1 N–H and O–H groups in total. The number of anilines is 1. The largest absolute Gasteiger partial charge is 0.497 e. The zero-order valence-electron chi connectivity index (χ0n) is 18.4. The molecule has 4 aromatic rings. The molecule has 0 fully saturated rings. The second kappa shape index (κ2) is 10.6. The first-order chi connectivity index (χ1) is 16.5. The highest BCUT2D eigenvalue weighted by molar-refractivity contribution is 6.30. The highest BCUT2D eigenvalue weighted by atomic mass is 35.5. The molecule has 0 saturated heterocycles. The number of nitrogens with zero attached hydrogens (tertiary/aromatic N) is 4. The Kier molecular flexibility index (Phi) is 7.19. The molecule has 0 bridgehead atoms. The zero-order chi connectivity index (χ0) is 23.9. The molecular weight excluding hydrogens is 454 g/mol. The van der Waals surface area contributed by atoms with Crippen molar-refractivity contribution in [3.63, 3.8) is 0 Å². The molecule has 8 nitrogen and oxygen atoms in total. The van der Waals surface area contributed by atoms with Gasteiger partial charge in [-0.2, -0.15) is 0 Å². The average molecular weight is 476 g/mol. The fraction of sp³-hybridized carbons (Fsp3) is 0.120. The normalized spacial score (nSPS) is 11.0. The number of carbonyl (C=O) groups is 2. The minimum Gasteiger partial charge on any atom is -0.497 e. The Labute approximate surface area is 201 Å². The molecule has 0 saturated carbocycles. The molecule has 9 heteroatoms. The second-order valence-electron chi connectivity index (χ2n) is 7.45. The lowest BCUT2D eigenvalue weighted by Crippen LogP contribution is -2.19. The summed E-state index contributed by atoms with van der Waals surface area (Å²) in [6.45, 7) is 0.481. The van der Waals surface area contributed by atoms with Crippen molar-refractivity contribution in [2.75, 3.05) is 12.4 Å². The first-order valence-corrected chi connectivity index (χ1v) is 10.8. The van der Waals surface area contributed by atoms with Gasteiger partial charge in [-0.25, -0.2) is 4.68 Å². The Morgan fingerprint density at radius 1 is 1.09 bits per heavy atom. The molecule has 0 aliphatic heterocycles. The van der Waals surface area contributed by atoms with Gasteiger partial charge in [0.15, 0.2) is 5.78 Å². The predicted molar refractivity (Wildman–Crippen MR) is 130 cm³/mol. The van der Waals surface area contributed by atoms with Crippen LogP contribution in [0, 0.1) is 0 Å². The fourth-order valence-electron chi connectivity index (χ4n) is 3.28. The van der Waals surface area contributed by atoms with Crippen molar-refractivity contribution in [1.29, 1.82) is 0 Å². The lowest BCUT2D eigenvalue weighted by molar-refractivity contribution is -0.116. The summed E-state index contributed by atoms with van der Waals surface area (Å²) in [5.41, 5.74) is 2.76. The van der Waals surface area contributed by atoms with E-state index in [1.165, 1.54) is 10.8 Å². The number of halogens is 1. The van der Waals surface area contributed by atoms with Crippen LogP contribution in [-0.4, -0.2) is 38.4 Å². The third-order valence-corrected chi connectivity index (χ3v) is 5.25. The van der Waals surface area contributed by atoms with Gasteiger partial charge in [-0.05, 0) is 72.8 Å². The standard InChI is InChI=1S/C25H22ClN5O3/c1-34-23-11-8-20(9-12-23)27-25(33)17-31-16-21(28-29-31)15-30-14-2-3-22(30)10-13-24(32)18-4-6-19(26)7-5-18/h2-14,16H,15,17H2,1H3,(H,27,33)/b13-10+. The van der Waals surface area contributed by atoms with Crippen molar-refractivity contribution >= 4 is 35.1 Å². The van der Waals surface area contributed by atoms with Crippen LogP contribution in [0.5, 0.6) is 5.75 Å². The maximum atomic E-state index is 12.4. The Morgan fingerprint density at radius 3 is 2.59 bits per heavy atom. The van der Waals surface area contributed by atoms with Gasteiger partial charge in [0.1, 0.15) is 18.0 Å². The molecular formula is C25H22ClN5O3. The van der Waals surface area contributed by atoms with Crippen LogP contribution in [-0.2, 0) is 17.9 Å². The number of methoxy groups -OCH3 is 1. The van der Waals surface area contributed by atoms with E-state index in [0.717, 1.165) is 5.69 Å². The lowest BCUT2D eigenvalue weighted by Gasteiger charge is -2.06. The van der Waals surface area contributed by atoms with Crippen LogP contribution in [0.3, 0.4) is 0 Å². The third-order valence-electron chi connectivity index (χ3n) is 5.00. The summed E-state index contributed by atoms with van der Waals surface area (Å²) in [7, 11) is 1.59. The molecule has 34 heavy (non-hydrogen) atoms. The monoisotopic (exact) mass is 475 g/mol. The highest BCUT2D eigenvalue weighted by Crippen LogP contribution is 2.15. The van der Waals surface area contributed by atoms with Gasteiger partial charge in [0, 0.05) is 28.2 Å². The molecule has 0 spiro atoms. The Hall–Kier alpha value is -4.17. The van der Waals surface area contributed by atoms with Crippen LogP contribution in [0.1, 0.15) is 21.7 Å². The first kappa shape index (κ1) is 23.0. The van der Waals surface area contributed by atoms with Crippen molar-refractivity contribution < 1.29 is 14.3 Å². The maximum Gasteiger partial charge on any atom is 0.246 e. The number of hydrogen-bond acceptors (Lipinski definition) is 5. The smallest absolute Gasteiger partial charge is 0.246 e. The minimum absolute atomic E-state index is 0.0348. The lowest BCUT2D eigenvalue weighted by atomic mass is 10.1. The van der Waals surface area contributed by atoms with Gasteiger partial charge in [-0.1, -0.05) is 16.8 Å².